The van der Waals surface area contributed by atoms with Crippen molar-refractivity contribution in [2.75, 3.05) is 13.7 Å². The second kappa shape index (κ2) is 12.2. The van der Waals surface area contributed by atoms with Crippen molar-refractivity contribution in [3.63, 3.8) is 0 Å². The largest absolute Gasteiger partial charge is 0.484 e. The van der Waals surface area contributed by atoms with E-state index in [0.29, 0.717) is 23.1 Å². The highest BCUT2D eigenvalue weighted by Crippen LogP contribution is 2.20. The van der Waals surface area contributed by atoms with Gasteiger partial charge in [-0.3, -0.25) is 9.59 Å². The summed E-state index contributed by atoms with van der Waals surface area (Å²) in [6, 6.07) is 24.0. The highest BCUT2D eigenvalue weighted by atomic mass is 35.5. The molecule has 1 N–H and O–H groups in total. The monoisotopic (exact) mass is 478 g/mol. The molecule has 0 saturated heterocycles. The van der Waals surface area contributed by atoms with Crippen LogP contribution in [0.2, 0.25) is 5.02 Å². The van der Waals surface area contributed by atoms with Crippen LogP contribution in [0.25, 0.3) is 0 Å². The van der Waals surface area contributed by atoms with E-state index >= 15 is 0 Å². The zero-order chi connectivity index (χ0) is 24.5. The molecule has 0 spiro atoms. The van der Waals surface area contributed by atoms with Crippen LogP contribution in [0.1, 0.15) is 36.5 Å². The third kappa shape index (κ3) is 7.09. The second-order valence-corrected chi connectivity index (χ2v) is 8.92. The van der Waals surface area contributed by atoms with E-state index in [0.717, 1.165) is 11.1 Å². The molecule has 34 heavy (non-hydrogen) atoms. The van der Waals surface area contributed by atoms with Crippen LogP contribution in [0.4, 0.5) is 0 Å². The molecule has 2 amide bonds. The van der Waals surface area contributed by atoms with E-state index in [1.54, 1.807) is 24.1 Å². The molecule has 0 aliphatic carbocycles. The lowest BCUT2D eigenvalue weighted by Crippen LogP contribution is -2.51. The summed E-state index contributed by atoms with van der Waals surface area (Å²) >= 11 is 6.18. The number of likely N-dealkylation sites (N-methyl/N-ethyl adjacent to an activating group) is 1. The average molecular weight is 479 g/mol. The Balaban J connectivity index is 1.84. The summed E-state index contributed by atoms with van der Waals surface area (Å²) < 4.78 is 5.81. The van der Waals surface area contributed by atoms with E-state index in [-0.39, 0.29) is 25.0 Å². The van der Waals surface area contributed by atoms with Crippen molar-refractivity contribution in [1.82, 2.24) is 10.2 Å². The molecular formula is C28H31ClN2O3. The first-order valence-electron chi connectivity index (χ1n) is 11.4. The van der Waals surface area contributed by atoms with Gasteiger partial charge in [-0.05, 0) is 46.9 Å². The van der Waals surface area contributed by atoms with Crippen LogP contribution in [0.3, 0.4) is 0 Å². The predicted octanol–water partition coefficient (Wildman–Crippen LogP) is 5.23. The molecule has 1 atom stereocenters. The summed E-state index contributed by atoms with van der Waals surface area (Å²) in [4.78, 5) is 27.9. The number of hydrogen-bond donors (Lipinski definition) is 1. The normalized spacial score (nSPS) is 11.7. The molecule has 0 radical (unpaired) electrons. The van der Waals surface area contributed by atoms with Gasteiger partial charge < -0.3 is 15.0 Å². The summed E-state index contributed by atoms with van der Waals surface area (Å²) in [5.74, 6) is 0.508. The third-order valence-corrected chi connectivity index (χ3v) is 5.90. The molecule has 3 rings (SSSR count). The first-order valence-corrected chi connectivity index (χ1v) is 11.8. The number of carbonyl (C=O) groups is 2. The van der Waals surface area contributed by atoms with E-state index in [4.69, 9.17) is 16.3 Å². The van der Waals surface area contributed by atoms with Gasteiger partial charge in [0.1, 0.15) is 11.8 Å². The molecule has 3 aromatic rings. The smallest absolute Gasteiger partial charge is 0.261 e. The molecule has 6 heteroatoms. The Morgan fingerprint density at radius 1 is 0.941 bits per heavy atom. The van der Waals surface area contributed by atoms with E-state index in [2.05, 4.69) is 19.2 Å². The SMILES string of the molecule is CNC(=O)C(Cc1ccccc1)N(Cc1cccc(Cl)c1)C(=O)COc1ccc(C(C)C)cc1. The first kappa shape index (κ1) is 25.3. The number of hydrogen-bond acceptors (Lipinski definition) is 3. The fourth-order valence-electron chi connectivity index (χ4n) is 3.73. The lowest BCUT2D eigenvalue weighted by Gasteiger charge is -2.31. The van der Waals surface area contributed by atoms with Gasteiger partial charge in [0.25, 0.3) is 5.91 Å². The maximum absolute atomic E-state index is 13.4. The first-order chi connectivity index (χ1) is 16.4. The second-order valence-electron chi connectivity index (χ2n) is 8.48. The highest BCUT2D eigenvalue weighted by molar-refractivity contribution is 6.30. The molecule has 0 aliphatic heterocycles. The van der Waals surface area contributed by atoms with Crippen molar-refractivity contribution in [2.24, 2.45) is 0 Å². The summed E-state index contributed by atoms with van der Waals surface area (Å²) in [6.45, 7) is 4.31. The number of halogens is 1. The van der Waals surface area contributed by atoms with Crippen LogP contribution >= 0.6 is 11.6 Å². The Kier molecular flexibility index (Phi) is 9.11. The Hall–Kier alpha value is -3.31. The quantitative estimate of drug-likeness (QED) is 0.434. The lowest BCUT2D eigenvalue weighted by molar-refractivity contribution is -0.142. The van der Waals surface area contributed by atoms with Gasteiger partial charge in [-0.15, -0.1) is 0 Å². The van der Waals surface area contributed by atoms with Crippen molar-refractivity contribution in [2.45, 2.75) is 38.8 Å². The number of rotatable bonds is 10. The van der Waals surface area contributed by atoms with Gasteiger partial charge >= 0.3 is 0 Å². The highest BCUT2D eigenvalue weighted by Gasteiger charge is 2.30. The zero-order valence-electron chi connectivity index (χ0n) is 19.8. The van der Waals surface area contributed by atoms with Crippen LogP contribution in [0.5, 0.6) is 5.75 Å². The van der Waals surface area contributed by atoms with Gasteiger partial charge in [-0.2, -0.15) is 0 Å². The standard InChI is InChI=1S/C28H31ClN2O3/c1-20(2)23-12-14-25(15-13-23)34-19-27(32)31(18-22-10-7-11-24(29)16-22)26(28(33)30-3)17-21-8-5-4-6-9-21/h4-16,20,26H,17-19H2,1-3H3,(H,30,33). The van der Waals surface area contributed by atoms with Crippen LogP contribution in [0.15, 0.2) is 78.9 Å². The Morgan fingerprint density at radius 3 is 2.24 bits per heavy atom. The summed E-state index contributed by atoms with van der Waals surface area (Å²) in [7, 11) is 1.58. The molecule has 0 heterocycles. The van der Waals surface area contributed by atoms with Crippen molar-refractivity contribution in [3.05, 3.63) is 101 Å². The topological polar surface area (TPSA) is 58.6 Å². The maximum Gasteiger partial charge on any atom is 0.261 e. The molecule has 0 aromatic heterocycles. The van der Waals surface area contributed by atoms with Crippen molar-refractivity contribution in [1.29, 1.82) is 0 Å². The minimum atomic E-state index is -0.703. The number of nitrogens with zero attached hydrogens (tertiary/aromatic N) is 1. The summed E-state index contributed by atoms with van der Waals surface area (Å²) in [5.41, 5.74) is 3.00. The molecular weight excluding hydrogens is 448 g/mol. The van der Waals surface area contributed by atoms with Crippen molar-refractivity contribution >= 4 is 23.4 Å². The molecule has 0 saturated carbocycles. The maximum atomic E-state index is 13.4. The van der Waals surface area contributed by atoms with Crippen LogP contribution in [-0.4, -0.2) is 36.4 Å². The molecule has 3 aromatic carbocycles. The summed E-state index contributed by atoms with van der Waals surface area (Å²) in [6.07, 6.45) is 0.385. The van der Waals surface area contributed by atoms with Crippen molar-refractivity contribution in [3.8, 4) is 5.75 Å². The molecule has 0 fully saturated rings. The van der Waals surface area contributed by atoms with Gasteiger partial charge in [0, 0.05) is 25.0 Å². The minimum absolute atomic E-state index is 0.177. The van der Waals surface area contributed by atoms with E-state index in [1.807, 2.05) is 66.7 Å². The van der Waals surface area contributed by atoms with E-state index < -0.39 is 6.04 Å². The van der Waals surface area contributed by atoms with Crippen LogP contribution < -0.4 is 10.1 Å². The lowest BCUT2D eigenvalue weighted by atomic mass is 10.0. The number of ether oxygens (including phenoxy) is 1. The molecule has 0 aliphatic rings. The summed E-state index contributed by atoms with van der Waals surface area (Å²) in [5, 5.41) is 3.28. The van der Waals surface area contributed by atoms with Crippen LogP contribution in [0, 0.1) is 0 Å². The Morgan fingerprint density at radius 2 is 1.62 bits per heavy atom. The number of amides is 2. The molecule has 0 bridgehead atoms. The third-order valence-electron chi connectivity index (χ3n) is 5.67. The fraction of sp³-hybridized carbons (Fsp3) is 0.286. The van der Waals surface area contributed by atoms with Gasteiger partial charge in [-0.1, -0.05) is 80.0 Å². The molecule has 178 valence electrons. The van der Waals surface area contributed by atoms with E-state index in [1.165, 1.54) is 5.56 Å². The molecule has 1 unspecified atom stereocenters. The number of carbonyl (C=O) groups excluding carboxylic acids is 2. The zero-order valence-corrected chi connectivity index (χ0v) is 20.6. The fourth-order valence-corrected chi connectivity index (χ4v) is 3.94. The minimum Gasteiger partial charge on any atom is -0.484 e. The number of nitrogens with one attached hydrogen (secondary N) is 1. The Labute approximate surface area is 206 Å². The number of benzene rings is 3. The molecule has 5 nitrogen and oxygen atoms in total. The van der Waals surface area contributed by atoms with E-state index in [9.17, 15) is 9.59 Å². The van der Waals surface area contributed by atoms with Gasteiger partial charge in [-0.25, -0.2) is 0 Å². The van der Waals surface area contributed by atoms with Gasteiger partial charge in [0.2, 0.25) is 5.91 Å². The van der Waals surface area contributed by atoms with Crippen molar-refractivity contribution < 1.29 is 14.3 Å². The Bertz CT molecular complexity index is 1080. The van der Waals surface area contributed by atoms with Crippen LogP contribution in [-0.2, 0) is 22.6 Å². The average Bonchev–Trinajstić information content (AvgIpc) is 2.85. The van der Waals surface area contributed by atoms with Gasteiger partial charge in [0.15, 0.2) is 6.61 Å². The van der Waals surface area contributed by atoms with Gasteiger partial charge in [0.05, 0.1) is 0 Å². The predicted molar refractivity (Wildman–Crippen MR) is 136 cm³/mol.